The predicted octanol–water partition coefficient (Wildman–Crippen LogP) is 4.39. The van der Waals surface area contributed by atoms with Crippen molar-refractivity contribution >= 4 is 10.4 Å². The molecule has 2 aliphatic rings. The molecule has 1 aromatic carbocycles. The molecule has 158 valence electrons. The standard InChI is InChI=1S/C21H32O6S/c1-5-18-14(3)13(2)11-17(18)12-19-20(27-28(22,23)24)15(4)25-21(26-19)16-9-7-6-8-10-16/h6-10,13-15,17-21H,5,11-12H2,1-4H3,(H,22,23,24)/t13?,14-,15?,17?,18-,19?,20-,21+/m1/s1. The molecule has 1 saturated carbocycles. The van der Waals surface area contributed by atoms with E-state index in [2.05, 4.69) is 20.8 Å². The Morgan fingerprint density at radius 2 is 1.82 bits per heavy atom. The normalized spacial score (nSPS) is 39.2. The molecule has 0 radical (unpaired) electrons. The third-order valence-corrected chi connectivity index (χ3v) is 7.10. The summed E-state index contributed by atoms with van der Waals surface area (Å²) in [6, 6.07) is 9.59. The van der Waals surface area contributed by atoms with Gasteiger partial charge in [-0.2, -0.15) is 8.42 Å². The number of rotatable bonds is 6. The van der Waals surface area contributed by atoms with Crippen LogP contribution in [-0.4, -0.2) is 31.3 Å². The second-order valence-electron chi connectivity index (χ2n) is 8.39. The second kappa shape index (κ2) is 8.79. The Bertz CT molecular complexity index is 737. The molecule has 0 aromatic heterocycles. The van der Waals surface area contributed by atoms with Gasteiger partial charge in [-0.15, -0.1) is 0 Å². The zero-order valence-corrected chi connectivity index (χ0v) is 17.8. The van der Waals surface area contributed by atoms with Crippen LogP contribution in [0.4, 0.5) is 0 Å². The van der Waals surface area contributed by atoms with Crippen molar-refractivity contribution in [3.05, 3.63) is 35.9 Å². The Morgan fingerprint density at radius 3 is 2.43 bits per heavy atom. The van der Waals surface area contributed by atoms with Crippen molar-refractivity contribution < 1.29 is 26.6 Å². The van der Waals surface area contributed by atoms with Gasteiger partial charge in [0.15, 0.2) is 6.29 Å². The van der Waals surface area contributed by atoms with Gasteiger partial charge >= 0.3 is 10.4 Å². The van der Waals surface area contributed by atoms with Crippen molar-refractivity contribution in [3.63, 3.8) is 0 Å². The SMILES string of the molecule is CC[C@H]1C(CC2O[C@@H](c3ccccc3)OC(C)[C@H]2OS(=O)(=O)O)CC(C)[C@H]1C. The molecule has 0 spiro atoms. The van der Waals surface area contributed by atoms with Crippen LogP contribution in [0.15, 0.2) is 30.3 Å². The lowest BCUT2D eigenvalue weighted by Crippen LogP contribution is -2.49. The van der Waals surface area contributed by atoms with Crippen molar-refractivity contribution in [3.8, 4) is 0 Å². The highest BCUT2D eigenvalue weighted by Crippen LogP contribution is 2.47. The lowest BCUT2D eigenvalue weighted by atomic mass is 9.83. The van der Waals surface area contributed by atoms with Gasteiger partial charge in [0.2, 0.25) is 0 Å². The first-order chi connectivity index (χ1) is 13.2. The van der Waals surface area contributed by atoms with E-state index >= 15 is 0 Å². The summed E-state index contributed by atoms with van der Waals surface area (Å²) in [6.45, 7) is 8.54. The molecule has 28 heavy (non-hydrogen) atoms. The molecule has 0 amide bonds. The monoisotopic (exact) mass is 412 g/mol. The van der Waals surface area contributed by atoms with Crippen LogP contribution in [0.2, 0.25) is 0 Å². The molecular formula is C21H32O6S. The molecule has 1 aliphatic heterocycles. The number of ether oxygens (including phenoxy) is 2. The fraction of sp³-hybridized carbons (Fsp3) is 0.714. The molecule has 7 heteroatoms. The van der Waals surface area contributed by atoms with Crippen LogP contribution in [0.3, 0.4) is 0 Å². The highest BCUT2D eigenvalue weighted by atomic mass is 32.3. The smallest absolute Gasteiger partial charge is 0.343 e. The van der Waals surface area contributed by atoms with Crippen molar-refractivity contribution in [1.82, 2.24) is 0 Å². The third-order valence-electron chi connectivity index (χ3n) is 6.63. The number of hydrogen-bond donors (Lipinski definition) is 1. The van der Waals surface area contributed by atoms with E-state index < -0.39 is 35.0 Å². The van der Waals surface area contributed by atoms with Crippen LogP contribution in [0.25, 0.3) is 0 Å². The second-order valence-corrected chi connectivity index (χ2v) is 9.43. The highest BCUT2D eigenvalue weighted by Gasteiger charge is 2.45. The zero-order chi connectivity index (χ0) is 20.5. The first-order valence-corrected chi connectivity index (χ1v) is 11.6. The van der Waals surface area contributed by atoms with Crippen LogP contribution in [0.1, 0.15) is 58.8 Å². The Hall–Kier alpha value is -0.990. The average Bonchev–Trinajstić information content (AvgIpc) is 2.90. The first kappa shape index (κ1) is 21.7. The molecule has 4 unspecified atom stereocenters. The summed E-state index contributed by atoms with van der Waals surface area (Å²) in [5, 5.41) is 0. The van der Waals surface area contributed by atoms with Crippen LogP contribution in [0.5, 0.6) is 0 Å². The summed E-state index contributed by atoms with van der Waals surface area (Å²) in [4.78, 5) is 0. The summed E-state index contributed by atoms with van der Waals surface area (Å²) in [7, 11) is -4.61. The van der Waals surface area contributed by atoms with Gasteiger partial charge in [0, 0.05) is 5.56 Å². The number of benzene rings is 1. The van der Waals surface area contributed by atoms with Gasteiger partial charge in [0.05, 0.1) is 12.2 Å². The molecule has 1 heterocycles. The summed E-state index contributed by atoms with van der Waals surface area (Å²) in [5.74, 6) is 2.24. The van der Waals surface area contributed by atoms with Crippen molar-refractivity contribution in [2.45, 2.75) is 71.6 Å². The molecule has 6 nitrogen and oxygen atoms in total. The van der Waals surface area contributed by atoms with Crippen LogP contribution in [-0.2, 0) is 24.1 Å². The van der Waals surface area contributed by atoms with Crippen molar-refractivity contribution in [2.75, 3.05) is 0 Å². The van der Waals surface area contributed by atoms with E-state index in [4.69, 9.17) is 13.7 Å². The van der Waals surface area contributed by atoms with Gasteiger partial charge in [-0.3, -0.25) is 4.55 Å². The Balaban J connectivity index is 1.83. The van der Waals surface area contributed by atoms with Crippen LogP contribution >= 0.6 is 0 Å². The molecule has 1 N–H and O–H groups in total. The molecular weight excluding hydrogens is 380 g/mol. The minimum absolute atomic E-state index is 0.425. The van der Waals surface area contributed by atoms with Gasteiger partial charge in [-0.05, 0) is 43.4 Å². The average molecular weight is 413 g/mol. The molecule has 3 rings (SSSR count). The van der Waals surface area contributed by atoms with E-state index in [1.165, 1.54) is 0 Å². The summed E-state index contributed by atoms with van der Waals surface area (Å²) < 4.78 is 49.2. The Kier molecular flexibility index (Phi) is 6.82. The molecule has 2 fully saturated rings. The van der Waals surface area contributed by atoms with Gasteiger partial charge in [0.25, 0.3) is 0 Å². The highest BCUT2D eigenvalue weighted by molar-refractivity contribution is 7.80. The summed E-state index contributed by atoms with van der Waals surface area (Å²) in [6.07, 6.45) is 0.376. The predicted molar refractivity (Wildman–Crippen MR) is 106 cm³/mol. The first-order valence-electron chi connectivity index (χ1n) is 10.2. The maximum Gasteiger partial charge on any atom is 0.397 e. The Labute approximate surface area is 168 Å². The fourth-order valence-electron chi connectivity index (χ4n) is 5.07. The molecule has 1 aromatic rings. The minimum Gasteiger partial charge on any atom is -0.343 e. The maximum absolute atomic E-state index is 11.4. The van der Waals surface area contributed by atoms with E-state index in [0.29, 0.717) is 30.1 Å². The van der Waals surface area contributed by atoms with Crippen molar-refractivity contribution in [2.24, 2.45) is 23.7 Å². The van der Waals surface area contributed by atoms with Crippen molar-refractivity contribution in [1.29, 1.82) is 0 Å². The maximum atomic E-state index is 11.4. The van der Waals surface area contributed by atoms with Crippen LogP contribution in [0, 0.1) is 23.7 Å². The lowest BCUT2D eigenvalue weighted by molar-refractivity contribution is -0.282. The topological polar surface area (TPSA) is 82.1 Å². The van der Waals surface area contributed by atoms with E-state index in [1.807, 2.05) is 30.3 Å². The van der Waals surface area contributed by atoms with Crippen LogP contribution < -0.4 is 0 Å². The van der Waals surface area contributed by atoms with E-state index in [-0.39, 0.29) is 0 Å². The van der Waals surface area contributed by atoms with Gasteiger partial charge in [-0.25, -0.2) is 4.18 Å². The van der Waals surface area contributed by atoms with E-state index in [0.717, 1.165) is 18.4 Å². The molecule has 1 saturated heterocycles. The number of hydrogen-bond acceptors (Lipinski definition) is 5. The molecule has 0 bridgehead atoms. The Morgan fingerprint density at radius 1 is 1.14 bits per heavy atom. The minimum atomic E-state index is -4.61. The largest absolute Gasteiger partial charge is 0.397 e. The van der Waals surface area contributed by atoms with Gasteiger partial charge in [-0.1, -0.05) is 57.5 Å². The zero-order valence-electron chi connectivity index (χ0n) is 17.0. The molecule has 1 aliphatic carbocycles. The van der Waals surface area contributed by atoms with Gasteiger partial charge in [0.1, 0.15) is 6.10 Å². The van der Waals surface area contributed by atoms with Gasteiger partial charge < -0.3 is 9.47 Å². The fourth-order valence-corrected chi connectivity index (χ4v) is 5.63. The molecule has 8 atom stereocenters. The van der Waals surface area contributed by atoms with E-state index in [1.54, 1.807) is 6.92 Å². The quantitative estimate of drug-likeness (QED) is 0.698. The summed E-state index contributed by atoms with van der Waals surface area (Å²) >= 11 is 0. The third kappa shape index (κ3) is 4.94. The van der Waals surface area contributed by atoms with E-state index in [9.17, 15) is 13.0 Å². The lowest BCUT2D eigenvalue weighted by Gasteiger charge is -2.41. The summed E-state index contributed by atoms with van der Waals surface area (Å²) in [5.41, 5.74) is 0.879.